The molecule has 1 aliphatic rings. The number of nitrogens with one attached hydrogen (secondary N) is 1. The van der Waals surface area contributed by atoms with Crippen molar-refractivity contribution in [1.29, 1.82) is 0 Å². The van der Waals surface area contributed by atoms with Crippen LogP contribution in [0, 0.1) is 17.8 Å². The molecular formula is C14H25NO4. The van der Waals surface area contributed by atoms with Crippen LogP contribution in [0.1, 0.15) is 47.5 Å². The number of aliphatic carboxylic acids is 1. The van der Waals surface area contributed by atoms with Crippen molar-refractivity contribution in [3.05, 3.63) is 0 Å². The molecular weight excluding hydrogens is 246 g/mol. The third-order valence-electron chi connectivity index (χ3n) is 3.64. The number of carboxylic acid groups (broad SMARTS) is 1. The number of hydrogen-bond donors (Lipinski definition) is 2. The van der Waals surface area contributed by atoms with Crippen LogP contribution >= 0.6 is 0 Å². The van der Waals surface area contributed by atoms with Crippen molar-refractivity contribution in [2.75, 3.05) is 0 Å². The largest absolute Gasteiger partial charge is 0.481 e. The lowest BCUT2D eigenvalue weighted by Crippen LogP contribution is -2.48. The van der Waals surface area contributed by atoms with Crippen LogP contribution in [0.15, 0.2) is 0 Å². The average molecular weight is 271 g/mol. The van der Waals surface area contributed by atoms with Gasteiger partial charge in [0.1, 0.15) is 5.60 Å². The van der Waals surface area contributed by atoms with Crippen molar-refractivity contribution < 1.29 is 19.4 Å². The summed E-state index contributed by atoms with van der Waals surface area (Å²) in [4.78, 5) is 22.9. The van der Waals surface area contributed by atoms with Crippen LogP contribution in [-0.2, 0) is 9.53 Å². The van der Waals surface area contributed by atoms with Gasteiger partial charge in [-0.1, -0.05) is 13.8 Å². The quantitative estimate of drug-likeness (QED) is 0.809. The van der Waals surface area contributed by atoms with E-state index in [9.17, 15) is 14.7 Å². The SMILES string of the molecule is C[C@@H]1C[C@H](C)[C@@H](NC(=O)OC(C)(C)C)C[C@H]1C(=O)O. The Balaban J connectivity index is 2.62. The normalized spacial score (nSPS) is 31.6. The number of ether oxygens (including phenoxy) is 1. The molecule has 1 saturated carbocycles. The standard InChI is InChI=1S/C14H25NO4/c1-8-6-9(2)11(7-10(8)12(16)17)15-13(18)19-14(3,4)5/h8-11H,6-7H2,1-5H3,(H,15,18)(H,16,17)/t8-,9+,10-,11+/m1/s1. The smallest absolute Gasteiger partial charge is 0.407 e. The van der Waals surface area contributed by atoms with Gasteiger partial charge in [0.15, 0.2) is 0 Å². The highest BCUT2D eigenvalue weighted by molar-refractivity contribution is 5.71. The number of carboxylic acids is 1. The molecule has 1 fully saturated rings. The minimum absolute atomic E-state index is 0.132. The van der Waals surface area contributed by atoms with Gasteiger partial charge in [-0.2, -0.15) is 0 Å². The van der Waals surface area contributed by atoms with E-state index in [1.165, 1.54) is 0 Å². The lowest BCUT2D eigenvalue weighted by Gasteiger charge is -2.37. The lowest BCUT2D eigenvalue weighted by molar-refractivity contribution is -0.145. The Kier molecular flexibility index (Phi) is 4.82. The third kappa shape index (κ3) is 4.73. The summed E-state index contributed by atoms with van der Waals surface area (Å²) in [6.07, 6.45) is 0.803. The Morgan fingerprint density at radius 1 is 1.16 bits per heavy atom. The highest BCUT2D eigenvalue weighted by Gasteiger charge is 2.37. The van der Waals surface area contributed by atoms with E-state index < -0.39 is 23.6 Å². The van der Waals surface area contributed by atoms with Gasteiger partial charge in [-0.15, -0.1) is 0 Å². The Morgan fingerprint density at radius 3 is 2.21 bits per heavy atom. The predicted molar refractivity (Wildman–Crippen MR) is 71.8 cm³/mol. The molecule has 110 valence electrons. The van der Waals surface area contributed by atoms with Gasteiger partial charge in [-0.3, -0.25) is 4.79 Å². The zero-order valence-corrected chi connectivity index (χ0v) is 12.4. The molecule has 5 nitrogen and oxygen atoms in total. The van der Waals surface area contributed by atoms with E-state index in [4.69, 9.17) is 4.74 Å². The van der Waals surface area contributed by atoms with Crippen LogP contribution < -0.4 is 5.32 Å². The molecule has 0 aliphatic heterocycles. The topological polar surface area (TPSA) is 75.6 Å². The molecule has 2 N–H and O–H groups in total. The summed E-state index contributed by atoms with van der Waals surface area (Å²) in [6, 6.07) is -0.132. The average Bonchev–Trinajstić information content (AvgIpc) is 2.18. The molecule has 0 bridgehead atoms. The maximum Gasteiger partial charge on any atom is 0.407 e. The zero-order valence-electron chi connectivity index (χ0n) is 12.4. The molecule has 0 spiro atoms. The summed E-state index contributed by atoms with van der Waals surface area (Å²) >= 11 is 0. The van der Waals surface area contributed by atoms with E-state index in [0.717, 1.165) is 6.42 Å². The fourth-order valence-corrected chi connectivity index (χ4v) is 2.66. The molecule has 4 atom stereocenters. The highest BCUT2D eigenvalue weighted by Crippen LogP contribution is 2.34. The van der Waals surface area contributed by atoms with Crippen LogP contribution in [0.5, 0.6) is 0 Å². The number of amides is 1. The van der Waals surface area contributed by atoms with Gasteiger partial charge in [-0.05, 0) is 45.4 Å². The molecule has 19 heavy (non-hydrogen) atoms. The third-order valence-corrected chi connectivity index (χ3v) is 3.64. The van der Waals surface area contributed by atoms with Crippen LogP contribution in [0.2, 0.25) is 0 Å². The monoisotopic (exact) mass is 271 g/mol. The molecule has 0 aromatic heterocycles. The maximum absolute atomic E-state index is 11.7. The molecule has 0 heterocycles. The summed E-state index contributed by atoms with van der Waals surface area (Å²) in [5.74, 6) is -0.770. The number of alkyl carbamates (subject to hydrolysis) is 1. The van der Waals surface area contributed by atoms with Crippen LogP contribution in [-0.4, -0.2) is 28.8 Å². The first-order chi connectivity index (χ1) is 8.60. The molecule has 0 aromatic rings. The fourth-order valence-electron chi connectivity index (χ4n) is 2.66. The first kappa shape index (κ1) is 15.8. The number of rotatable bonds is 2. The minimum atomic E-state index is -0.782. The molecule has 1 rings (SSSR count). The fraction of sp³-hybridized carbons (Fsp3) is 0.857. The maximum atomic E-state index is 11.7. The van der Waals surface area contributed by atoms with Crippen molar-refractivity contribution in [3.8, 4) is 0 Å². The summed E-state index contributed by atoms with van der Waals surface area (Å²) in [5.41, 5.74) is -0.540. The van der Waals surface area contributed by atoms with E-state index in [1.54, 1.807) is 20.8 Å². The number of carbonyl (C=O) groups is 2. The number of carbonyl (C=O) groups excluding carboxylic acids is 1. The summed E-state index contributed by atoms with van der Waals surface area (Å²) in [7, 11) is 0. The van der Waals surface area contributed by atoms with Crippen LogP contribution in [0.25, 0.3) is 0 Å². The molecule has 0 aromatic carbocycles. The predicted octanol–water partition coefficient (Wildman–Crippen LogP) is 2.65. The Bertz CT molecular complexity index is 348. The second kappa shape index (κ2) is 5.80. The van der Waals surface area contributed by atoms with Gasteiger partial charge in [0.2, 0.25) is 0 Å². The first-order valence-corrected chi connectivity index (χ1v) is 6.82. The summed E-state index contributed by atoms with van der Waals surface area (Å²) < 4.78 is 5.21. The second-order valence-corrected chi connectivity index (χ2v) is 6.62. The highest BCUT2D eigenvalue weighted by atomic mass is 16.6. The molecule has 1 amide bonds. The first-order valence-electron chi connectivity index (χ1n) is 6.82. The molecule has 0 radical (unpaired) electrons. The summed E-state index contributed by atoms with van der Waals surface area (Å²) in [5, 5.41) is 12.0. The van der Waals surface area contributed by atoms with E-state index >= 15 is 0 Å². The molecule has 5 heteroatoms. The van der Waals surface area contributed by atoms with Gasteiger partial charge < -0.3 is 15.2 Å². The second-order valence-electron chi connectivity index (χ2n) is 6.62. The van der Waals surface area contributed by atoms with Crippen LogP contribution in [0.4, 0.5) is 4.79 Å². The molecule has 0 saturated heterocycles. The van der Waals surface area contributed by atoms with E-state index in [0.29, 0.717) is 6.42 Å². The van der Waals surface area contributed by atoms with Crippen molar-refractivity contribution in [1.82, 2.24) is 5.32 Å². The Morgan fingerprint density at radius 2 is 1.74 bits per heavy atom. The van der Waals surface area contributed by atoms with Crippen molar-refractivity contribution in [2.45, 2.75) is 59.1 Å². The zero-order chi connectivity index (χ0) is 14.8. The van der Waals surface area contributed by atoms with E-state index in [2.05, 4.69) is 5.32 Å². The van der Waals surface area contributed by atoms with E-state index in [1.807, 2.05) is 13.8 Å². The van der Waals surface area contributed by atoms with Gasteiger partial charge >= 0.3 is 12.1 Å². The molecule has 0 unspecified atom stereocenters. The molecule has 1 aliphatic carbocycles. The van der Waals surface area contributed by atoms with Crippen molar-refractivity contribution >= 4 is 12.1 Å². The number of hydrogen-bond acceptors (Lipinski definition) is 3. The Labute approximate surface area is 114 Å². The lowest BCUT2D eigenvalue weighted by atomic mass is 9.73. The van der Waals surface area contributed by atoms with Crippen molar-refractivity contribution in [3.63, 3.8) is 0 Å². The van der Waals surface area contributed by atoms with Crippen LogP contribution in [0.3, 0.4) is 0 Å². The minimum Gasteiger partial charge on any atom is -0.481 e. The van der Waals surface area contributed by atoms with Gasteiger partial charge in [0.05, 0.1) is 5.92 Å². The van der Waals surface area contributed by atoms with Gasteiger partial charge in [0.25, 0.3) is 0 Å². The van der Waals surface area contributed by atoms with E-state index in [-0.39, 0.29) is 17.9 Å². The van der Waals surface area contributed by atoms with Gasteiger partial charge in [-0.25, -0.2) is 4.79 Å². The summed E-state index contributed by atoms with van der Waals surface area (Å²) in [6.45, 7) is 9.41. The Hall–Kier alpha value is -1.26. The van der Waals surface area contributed by atoms with Crippen molar-refractivity contribution in [2.24, 2.45) is 17.8 Å². The van der Waals surface area contributed by atoms with Gasteiger partial charge in [0, 0.05) is 6.04 Å².